The van der Waals surface area contributed by atoms with E-state index in [0.717, 1.165) is 30.8 Å². The van der Waals surface area contributed by atoms with Crippen LogP contribution < -0.4 is 4.74 Å². The monoisotopic (exact) mass is 329 g/mol. The smallest absolute Gasteiger partial charge is 0.323 e. The number of piperidine rings is 1. The van der Waals surface area contributed by atoms with Crippen molar-refractivity contribution in [2.75, 3.05) is 26.7 Å². The molecule has 1 amide bonds. The minimum absolute atomic E-state index is 0.118. The van der Waals surface area contributed by atoms with Crippen molar-refractivity contribution in [3.63, 3.8) is 0 Å². The van der Waals surface area contributed by atoms with Gasteiger partial charge in [0.15, 0.2) is 0 Å². The van der Waals surface area contributed by atoms with Gasteiger partial charge < -0.3 is 19.6 Å². The van der Waals surface area contributed by atoms with Gasteiger partial charge in [0.2, 0.25) is 0 Å². The van der Waals surface area contributed by atoms with Gasteiger partial charge in [-0.2, -0.15) is 5.26 Å². The number of hydrogen-bond acceptors (Lipinski definition) is 5. The van der Waals surface area contributed by atoms with E-state index < -0.39 is 24.5 Å². The SMILES string of the molecule is CN1CCC(Oc2ccc3c(c2)C(C#N)N(CC(=O)O)C3=O)CC1. The molecule has 1 saturated heterocycles. The summed E-state index contributed by atoms with van der Waals surface area (Å²) in [5, 5.41) is 18.3. The van der Waals surface area contributed by atoms with Crippen LogP contribution in [-0.2, 0) is 4.79 Å². The van der Waals surface area contributed by atoms with Crippen LogP contribution in [0.3, 0.4) is 0 Å². The fraction of sp³-hybridized carbons (Fsp3) is 0.471. The Bertz CT molecular complexity index is 704. The number of carboxylic acid groups (broad SMARTS) is 1. The first kappa shape index (κ1) is 16.3. The molecule has 1 unspecified atom stereocenters. The minimum atomic E-state index is -1.14. The van der Waals surface area contributed by atoms with E-state index in [4.69, 9.17) is 9.84 Å². The summed E-state index contributed by atoms with van der Waals surface area (Å²) >= 11 is 0. The summed E-state index contributed by atoms with van der Waals surface area (Å²) in [7, 11) is 2.08. The van der Waals surface area contributed by atoms with Crippen LogP contribution in [0, 0.1) is 11.3 Å². The predicted octanol–water partition coefficient (Wildman–Crippen LogP) is 1.26. The Morgan fingerprint density at radius 3 is 2.75 bits per heavy atom. The lowest BCUT2D eigenvalue weighted by Gasteiger charge is -2.29. The highest BCUT2D eigenvalue weighted by Gasteiger charge is 2.38. The van der Waals surface area contributed by atoms with E-state index in [9.17, 15) is 14.9 Å². The molecule has 0 bridgehead atoms. The summed E-state index contributed by atoms with van der Waals surface area (Å²) in [6.45, 7) is 1.46. The van der Waals surface area contributed by atoms with Crippen molar-refractivity contribution in [1.82, 2.24) is 9.80 Å². The highest BCUT2D eigenvalue weighted by Crippen LogP contribution is 2.35. The van der Waals surface area contributed by atoms with Gasteiger partial charge >= 0.3 is 5.97 Å². The van der Waals surface area contributed by atoms with Gasteiger partial charge in [-0.3, -0.25) is 9.59 Å². The number of benzene rings is 1. The maximum absolute atomic E-state index is 12.3. The quantitative estimate of drug-likeness (QED) is 0.894. The summed E-state index contributed by atoms with van der Waals surface area (Å²) in [6, 6.07) is 6.17. The van der Waals surface area contributed by atoms with Crippen molar-refractivity contribution in [1.29, 1.82) is 5.26 Å². The molecule has 3 rings (SSSR count). The van der Waals surface area contributed by atoms with Crippen LogP contribution in [0.2, 0.25) is 0 Å². The number of aliphatic carboxylic acids is 1. The van der Waals surface area contributed by atoms with Crippen LogP contribution in [0.5, 0.6) is 5.75 Å². The number of likely N-dealkylation sites (tertiary alicyclic amines) is 1. The lowest BCUT2D eigenvalue weighted by atomic mass is 10.0. The molecule has 2 heterocycles. The van der Waals surface area contributed by atoms with Crippen molar-refractivity contribution in [3.8, 4) is 11.8 Å². The molecule has 0 radical (unpaired) electrons. The molecule has 1 atom stereocenters. The Morgan fingerprint density at radius 1 is 1.42 bits per heavy atom. The second kappa shape index (κ2) is 6.49. The Hall–Kier alpha value is -2.59. The molecule has 2 aliphatic rings. The number of hydrogen-bond donors (Lipinski definition) is 1. The minimum Gasteiger partial charge on any atom is -0.490 e. The normalized spacial score (nSPS) is 21.4. The molecule has 1 aromatic carbocycles. The van der Waals surface area contributed by atoms with Crippen LogP contribution in [-0.4, -0.2) is 59.6 Å². The molecule has 1 aromatic rings. The Morgan fingerprint density at radius 2 is 2.12 bits per heavy atom. The van der Waals surface area contributed by atoms with Crippen LogP contribution >= 0.6 is 0 Å². The highest BCUT2D eigenvalue weighted by atomic mass is 16.5. The van der Waals surface area contributed by atoms with Crippen LogP contribution in [0.4, 0.5) is 0 Å². The number of rotatable bonds is 4. The Balaban J connectivity index is 1.80. The van der Waals surface area contributed by atoms with Crippen molar-refractivity contribution in [2.24, 2.45) is 0 Å². The number of carboxylic acids is 1. The fourth-order valence-corrected chi connectivity index (χ4v) is 3.22. The van der Waals surface area contributed by atoms with E-state index in [2.05, 4.69) is 11.9 Å². The van der Waals surface area contributed by atoms with Crippen molar-refractivity contribution in [3.05, 3.63) is 29.3 Å². The second-order valence-corrected chi connectivity index (χ2v) is 6.23. The van der Waals surface area contributed by atoms with Gasteiger partial charge in [-0.05, 0) is 38.1 Å². The first-order valence-corrected chi connectivity index (χ1v) is 7.91. The zero-order valence-corrected chi connectivity index (χ0v) is 13.4. The molecule has 126 valence electrons. The zero-order valence-electron chi connectivity index (χ0n) is 13.4. The van der Waals surface area contributed by atoms with Crippen molar-refractivity contribution in [2.45, 2.75) is 25.0 Å². The standard InChI is InChI=1S/C17H19N3O4/c1-19-6-4-11(5-7-19)24-12-2-3-13-14(8-12)15(9-18)20(17(13)23)10-16(21)22/h2-3,8,11,15H,4-7,10H2,1H3,(H,21,22). The fourth-order valence-electron chi connectivity index (χ4n) is 3.22. The summed E-state index contributed by atoms with van der Waals surface area (Å²) in [6.07, 6.45) is 1.98. The van der Waals surface area contributed by atoms with Crippen LogP contribution in [0.25, 0.3) is 0 Å². The molecule has 0 aliphatic carbocycles. The molecule has 7 nitrogen and oxygen atoms in total. The van der Waals surface area contributed by atoms with Gasteiger partial charge in [0.05, 0.1) is 6.07 Å². The van der Waals surface area contributed by atoms with Crippen LogP contribution in [0.1, 0.15) is 34.8 Å². The first-order chi connectivity index (χ1) is 11.5. The number of ether oxygens (including phenoxy) is 1. The van der Waals surface area contributed by atoms with Gasteiger partial charge in [0.25, 0.3) is 5.91 Å². The summed E-state index contributed by atoms with van der Waals surface area (Å²) < 4.78 is 5.99. The van der Waals surface area contributed by atoms with Gasteiger partial charge in [0, 0.05) is 24.2 Å². The Kier molecular flexibility index (Phi) is 4.40. The molecule has 2 aliphatic heterocycles. The van der Waals surface area contributed by atoms with Gasteiger partial charge in [0.1, 0.15) is 24.4 Å². The summed E-state index contributed by atoms with van der Waals surface area (Å²) in [4.78, 5) is 26.6. The number of amides is 1. The zero-order chi connectivity index (χ0) is 17.3. The third-order valence-electron chi connectivity index (χ3n) is 4.52. The van der Waals surface area contributed by atoms with E-state index in [0.29, 0.717) is 16.9 Å². The van der Waals surface area contributed by atoms with E-state index in [1.807, 2.05) is 6.07 Å². The molecule has 1 N–H and O–H groups in total. The van der Waals surface area contributed by atoms with E-state index in [-0.39, 0.29) is 6.10 Å². The number of nitriles is 1. The van der Waals surface area contributed by atoms with Crippen molar-refractivity contribution >= 4 is 11.9 Å². The predicted molar refractivity (Wildman–Crippen MR) is 84.6 cm³/mol. The Labute approximate surface area is 140 Å². The summed E-state index contributed by atoms with van der Waals surface area (Å²) in [5.41, 5.74) is 0.896. The average molecular weight is 329 g/mol. The third kappa shape index (κ3) is 3.05. The largest absolute Gasteiger partial charge is 0.490 e. The van der Waals surface area contributed by atoms with Gasteiger partial charge in [-0.15, -0.1) is 0 Å². The van der Waals surface area contributed by atoms with E-state index >= 15 is 0 Å². The van der Waals surface area contributed by atoms with Gasteiger partial charge in [-0.25, -0.2) is 0 Å². The second-order valence-electron chi connectivity index (χ2n) is 6.23. The van der Waals surface area contributed by atoms with E-state index in [1.165, 1.54) is 0 Å². The van der Waals surface area contributed by atoms with E-state index in [1.54, 1.807) is 18.2 Å². The average Bonchev–Trinajstić information content (AvgIpc) is 2.81. The molecule has 0 aromatic heterocycles. The molecular weight excluding hydrogens is 310 g/mol. The van der Waals surface area contributed by atoms with Crippen LogP contribution in [0.15, 0.2) is 18.2 Å². The van der Waals surface area contributed by atoms with Crippen molar-refractivity contribution < 1.29 is 19.4 Å². The maximum Gasteiger partial charge on any atom is 0.323 e. The summed E-state index contributed by atoms with van der Waals surface area (Å²) in [5.74, 6) is -0.947. The van der Waals surface area contributed by atoms with Gasteiger partial charge in [-0.1, -0.05) is 0 Å². The molecule has 7 heteroatoms. The first-order valence-electron chi connectivity index (χ1n) is 7.91. The lowest BCUT2D eigenvalue weighted by molar-refractivity contribution is -0.137. The molecule has 0 saturated carbocycles. The number of nitrogens with zero attached hydrogens (tertiary/aromatic N) is 3. The number of carbonyl (C=O) groups excluding carboxylic acids is 1. The topological polar surface area (TPSA) is 93.9 Å². The number of fused-ring (bicyclic) bond motifs is 1. The lowest BCUT2D eigenvalue weighted by Crippen LogP contribution is -2.35. The molecule has 24 heavy (non-hydrogen) atoms. The maximum atomic E-state index is 12.3. The molecule has 0 spiro atoms. The molecule has 1 fully saturated rings. The number of carbonyl (C=O) groups is 2. The highest BCUT2D eigenvalue weighted by molar-refractivity contribution is 6.01. The third-order valence-corrected chi connectivity index (χ3v) is 4.52. The molecular formula is C17H19N3O4.